The average Bonchev–Trinajstić information content (AvgIpc) is 2.79. The second-order valence-electron chi connectivity index (χ2n) is 9.10. The summed E-state index contributed by atoms with van der Waals surface area (Å²) in [6.45, 7) is 1.62. The molecule has 0 aliphatic heterocycles. The molecule has 1 N–H and O–H groups in total. The molecular weight excluding hydrogens is 489 g/mol. The van der Waals surface area contributed by atoms with Crippen molar-refractivity contribution in [3.63, 3.8) is 0 Å². The second kappa shape index (κ2) is 8.35. The normalized spacial score (nSPS) is 24.1. The van der Waals surface area contributed by atoms with Crippen molar-refractivity contribution in [3.05, 3.63) is 54.1 Å². The highest BCUT2D eigenvalue weighted by Crippen LogP contribution is 2.63. The zero-order valence-electron chi connectivity index (χ0n) is 18.2. The van der Waals surface area contributed by atoms with E-state index in [1.165, 1.54) is 12.1 Å². The quantitative estimate of drug-likeness (QED) is 0.417. The number of hydrogen-bond acceptors (Lipinski definition) is 2. The Labute approximate surface area is 195 Å². The van der Waals surface area contributed by atoms with Gasteiger partial charge in [0, 0.05) is 0 Å². The smallest absolute Gasteiger partial charge is 0.460 e. The van der Waals surface area contributed by atoms with Crippen LogP contribution in [0.2, 0.25) is 0 Å². The lowest BCUT2D eigenvalue weighted by molar-refractivity contribution is -0.409. The first-order valence-electron chi connectivity index (χ1n) is 10.5. The van der Waals surface area contributed by atoms with E-state index < -0.39 is 47.6 Å². The molecule has 0 aromatic heterocycles. The van der Waals surface area contributed by atoms with E-state index in [-0.39, 0.29) is 18.6 Å². The minimum Gasteiger partial charge on any atom is -0.508 e. The highest BCUT2D eigenvalue weighted by atomic mass is 19.4. The van der Waals surface area contributed by atoms with E-state index in [1.54, 1.807) is 43.3 Å². The molecule has 0 atom stereocenters. The maximum Gasteiger partial charge on any atom is 0.460 e. The third-order valence-electron chi connectivity index (χ3n) is 6.95. The maximum absolute atomic E-state index is 14.7. The Kier molecular flexibility index (Phi) is 6.37. The van der Waals surface area contributed by atoms with Gasteiger partial charge in [0.1, 0.15) is 11.2 Å². The molecule has 11 heteroatoms. The Bertz CT molecular complexity index is 1090. The van der Waals surface area contributed by atoms with Crippen LogP contribution in [0.4, 0.5) is 39.5 Å². The van der Waals surface area contributed by atoms with Crippen molar-refractivity contribution in [1.29, 1.82) is 5.26 Å². The summed E-state index contributed by atoms with van der Waals surface area (Å²) in [5.74, 6) is -19.7. The Hall–Kier alpha value is -2.90. The molecule has 1 fully saturated rings. The molecule has 2 aromatic rings. The summed E-state index contributed by atoms with van der Waals surface area (Å²) >= 11 is 0. The summed E-state index contributed by atoms with van der Waals surface area (Å²) in [5.41, 5.74) is -2.20. The van der Waals surface area contributed by atoms with Crippen LogP contribution in [0, 0.1) is 16.7 Å². The van der Waals surface area contributed by atoms with Crippen molar-refractivity contribution < 1.29 is 44.6 Å². The number of aromatic hydroxyl groups is 1. The lowest BCUT2D eigenvalue weighted by Crippen LogP contribution is -2.66. The minimum absolute atomic E-state index is 0.0661. The van der Waals surface area contributed by atoms with Gasteiger partial charge in [0.05, 0.1) is 6.07 Å². The zero-order valence-corrected chi connectivity index (χ0v) is 18.2. The molecule has 3 rings (SSSR count). The third-order valence-corrected chi connectivity index (χ3v) is 6.95. The van der Waals surface area contributed by atoms with E-state index in [9.17, 15) is 49.9 Å². The fourth-order valence-corrected chi connectivity index (χ4v) is 4.41. The van der Waals surface area contributed by atoms with Crippen LogP contribution in [-0.4, -0.2) is 29.1 Å². The van der Waals surface area contributed by atoms with Gasteiger partial charge in [-0.15, -0.1) is 0 Å². The molecular formula is C24H20F9NO. The van der Waals surface area contributed by atoms with Gasteiger partial charge in [0.15, 0.2) is 0 Å². The molecule has 0 bridgehead atoms. The maximum atomic E-state index is 14.7. The van der Waals surface area contributed by atoms with E-state index in [1.807, 2.05) is 0 Å². The highest BCUT2D eigenvalue weighted by molar-refractivity contribution is 5.64. The Morgan fingerprint density at radius 3 is 1.54 bits per heavy atom. The van der Waals surface area contributed by atoms with Crippen LogP contribution in [0.15, 0.2) is 48.5 Å². The van der Waals surface area contributed by atoms with Crippen molar-refractivity contribution in [1.82, 2.24) is 0 Å². The topological polar surface area (TPSA) is 44.0 Å². The molecule has 0 saturated heterocycles. The van der Waals surface area contributed by atoms with Crippen molar-refractivity contribution >= 4 is 0 Å². The Morgan fingerprint density at radius 2 is 1.14 bits per heavy atom. The summed E-state index contributed by atoms with van der Waals surface area (Å²) in [4.78, 5) is 0. The van der Waals surface area contributed by atoms with Crippen LogP contribution in [0.25, 0.3) is 11.1 Å². The number of benzene rings is 2. The van der Waals surface area contributed by atoms with Gasteiger partial charge in [-0.3, -0.25) is 0 Å². The van der Waals surface area contributed by atoms with E-state index in [4.69, 9.17) is 0 Å². The number of nitriles is 1. The predicted octanol–water partition coefficient (Wildman–Crippen LogP) is 7.87. The number of halogens is 9. The SMILES string of the molecule is CC1(c2ccc(-c3ccc(O)cc3)cc2)CCC(C#N)(C(F)(F)C(F)(F)C(F)(F)C(F)(F)F)CC1. The fourth-order valence-electron chi connectivity index (χ4n) is 4.41. The van der Waals surface area contributed by atoms with E-state index >= 15 is 0 Å². The molecule has 0 spiro atoms. The van der Waals surface area contributed by atoms with Gasteiger partial charge in [-0.2, -0.15) is 44.8 Å². The standard InChI is InChI=1S/C24H20F9NO/c1-19(17-6-2-15(3-7-17)16-4-8-18(35)9-5-16)10-12-20(14-34,13-11-19)21(25,26)22(27,28)23(29,30)24(31,32)33/h2-9,35H,10-13H2,1H3. The summed E-state index contributed by atoms with van der Waals surface area (Å²) in [6, 6.07) is 14.0. The number of phenols is 1. The average molecular weight is 509 g/mol. The van der Waals surface area contributed by atoms with E-state index in [2.05, 4.69) is 0 Å². The molecule has 35 heavy (non-hydrogen) atoms. The molecule has 190 valence electrons. The van der Waals surface area contributed by atoms with Crippen LogP contribution in [0.3, 0.4) is 0 Å². The summed E-state index contributed by atoms with van der Waals surface area (Å²) in [5, 5.41) is 18.7. The first kappa shape index (κ1) is 26.7. The Balaban J connectivity index is 1.87. The first-order valence-corrected chi connectivity index (χ1v) is 10.5. The lowest BCUT2D eigenvalue weighted by atomic mass is 9.59. The number of phenolic OH excluding ortho intramolecular Hbond substituents is 1. The van der Waals surface area contributed by atoms with Crippen LogP contribution in [0.5, 0.6) is 5.75 Å². The fraction of sp³-hybridized carbons (Fsp3) is 0.458. The largest absolute Gasteiger partial charge is 0.508 e. The van der Waals surface area contributed by atoms with Crippen LogP contribution in [-0.2, 0) is 5.41 Å². The van der Waals surface area contributed by atoms with Gasteiger partial charge in [0.25, 0.3) is 0 Å². The number of nitrogens with zero attached hydrogens (tertiary/aromatic N) is 1. The second-order valence-corrected chi connectivity index (χ2v) is 9.10. The van der Waals surface area contributed by atoms with Gasteiger partial charge < -0.3 is 5.11 Å². The number of hydrogen-bond donors (Lipinski definition) is 1. The molecule has 1 saturated carbocycles. The molecule has 0 unspecified atom stereocenters. The minimum atomic E-state index is -7.03. The lowest BCUT2D eigenvalue weighted by Gasteiger charge is -2.47. The van der Waals surface area contributed by atoms with Crippen molar-refractivity contribution in [2.75, 3.05) is 0 Å². The zero-order chi connectivity index (χ0) is 26.5. The molecule has 0 heterocycles. The molecule has 1 aliphatic carbocycles. The van der Waals surface area contributed by atoms with Crippen LogP contribution in [0.1, 0.15) is 38.2 Å². The number of rotatable bonds is 5. The van der Waals surface area contributed by atoms with Crippen LogP contribution >= 0.6 is 0 Å². The van der Waals surface area contributed by atoms with E-state index in [0.717, 1.165) is 17.2 Å². The van der Waals surface area contributed by atoms with Gasteiger partial charge in [-0.25, -0.2) is 0 Å². The molecule has 2 nitrogen and oxygen atoms in total. The van der Waals surface area contributed by atoms with Gasteiger partial charge in [0.2, 0.25) is 0 Å². The predicted molar refractivity (Wildman–Crippen MR) is 108 cm³/mol. The molecule has 0 radical (unpaired) electrons. The summed E-state index contributed by atoms with van der Waals surface area (Å²) < 4.78 is 122. The summed E-state index contributed by atoms with van der Waals surface area (Å²) in [6.07, 6.45) is -9.57. The van der Waals surface area contributed by atoms with E-state index in [0.29, 0.717) is 5.56 Å². The van der Waals surface area contributed by atoms with Gasteiger partial charge in [-0.05, 0) is 59.9 Å². The number of alkyl halides is 9. The van der Waals surface area contributed by atoms with Gasteiger partial charge in [-0.1, -0.05) is 43.3 Å². The van der Waals surface area contributed by atoms with Crippen LogP contribution < -0.4 is 0 Å². The van der Waals surface area contributed by atoms with Crippen molar-refractivity contribution in [2.45, 2.75) is 62.0 Å². The highest BCUT2D eigenvalue weighted by Gasteiger charge is 2.85. The molecule has 2 aromatic carbocycles. The van der Waals surface area contributed by atoms with Crippen molar-refractivity contribution in [3.8, 4) is 22.9 Å². The summed E-state index contributed by atoms with van der Waals surface area (Å²) in [7, 11) is 0. The molecule has 1 aliphatic rings. The monoisotopic (exact) mass is 509 g/mol. The third kappa shape index (κ3) is 4.10. The van der Waals surface area contributed by atoms with Crippen molar-refractivity contribution in [2.24, 2.45) is 5.41 Å². The first-order chi connectivity index (χ1) is 15.9. The molecule has 0 amide bonds. The Morgan fingerprint density at radius 1 is 0.714 bits per heavy atom. The van der Waals surface area contributed by atoms with Gasteiger partial charge >= 0.3 is 23.9 Å².